The summed E-state index contributed by atoms with van der Waals surface area (Å²) in [5, 5.41) is 0. The first-order valence-electron chi connectivity index (χ1n) is 3.31. The van der Waals surface area contributed by atoms with Crippen molar-refractivity contribution in [3.05, 3.63) is 0 Å². The Bertz CT molecular complexity index is 173. The number of hydrogen-bond donors (Lipinski definition) is 0. The van der Waals surface area contributed by atoms with Crippen LogP contribution in [-0.2, 0) is 20.9 Å². The molecular formula is C5H13BrNO2PS2. The van der Waals surface area contributed by atoms with Crippen molar-refractivity contribution in [1.29, 1.82) is 0 Å². The van der Waals surface area contributed by atoms with Gasteiger partial charge in [-0.25, -0.2) is 0 Å². The zero-order valence-electron chi connectivity index (χ0n) is 7.48. The van der Waals surface area contributed by atoms with Crippen molar-refractivity contribution in [2.24, 2.45) is 0 Å². The standard InChI is InChI=1S/C5H13BrNO2PS2/c1-5(2)7(12-6)10(11,8-3)9-4/h5H,1-4H3. The van der Waals surface area contributed by atoms with Crippen LogP contribution in [-0.4, -0.2) is 24.3 Å². The summed E-state index contributed by atoms with van der Waals surface area (Å²) >= 11 is 8.52. The maximum absolute atomic E-state index is 5.24. The Morgan fingerprint density at radius 1 is 1.42 bits per heavy atom. The van der Waals surface area contributed by atoms with Crippen molar-refractivity contribution >= 4 is 43.6 Å². The fraction of sp³-hybridized carbons (Fsp3) is 1.00. The Kier molecular flexibility index (Phi) is 6.63. The Balaban J connectivity index is 4.56. The SMILES string of the molecule is COP(=S)(OC)N(SBr)C(C)C. The zero-order chi connectivity index (χ0) is 9.78. The lowest BCUT2D eigenvalue weighted by Crippen LogP contribution is -2.20. The molecule has 0 saturated carbocycles. The Morgan fingerprint density at radius 2 is 1.83 bits per heavy atom. The van der Waals surface area contributed by atoms with E-state index in [2.05, 4.69) is 14.8 Å². The summed E-state index contributed by atoms with van der Waals surface area (Å²) in [7, 11) is 4.52. The van der Waals surface area contributed by atoms with E-state index >= 15 is 0 Å². The quantitative estimate of drug-likeness (QED) is 0.572. The van der Waals surface area contributed by atoms with Crippen LogP contribution in [0.15, 0.2) is 0 Å². The largest absolute Gasteiger partial charge is 0.321 e. The van der Waals surface area contributed by atoms with Crippen LogP contribution in [0.5, 0.6) is 0 Å². The summed E-state index contributed by atoms with van der Waals surface area (Å²) in [4.78, 5) is 0. The van der Waals surface area contributed by atoms with Crippen LogP contribution in [0.3, 0.4) is 0 Å². The number of hydrogen-bond acceptors (Lipinski definition) is 4. The zero-order valence-corrected chi connectivity index (χ0v) is 11.6. The second-order valence-corrected chi connectivity index (χ2v) is 7.45. The van der Waals surface area contributed by atoms with E-state index in [4.69, 9.17) is 20.9 Å². The number of halogens is 1. The van der Waals surface area contributed by atoms with Gasteiger partial charge in [0, 0.05) is 45.5 Å². The monoisotopic (exact) mass is 293 g/mol. The van der Waals surface area contributed by atoms with Crippen LogP contribution >= 0.6 is 31.8 Å². The maximum Gasteiger partial charge on any atom is 0.274 e. The van der Waals surface area contributed by atoms with Gasteiger partial charge in [-0.15, -0.1) is 0 Å². The molecule has 0 aromatic carbocycles. The van der Waals surface area contributed by atoms with Crippen LogP contribution < -0.4 is 0 Å². The van der Waals surface area contributed by atoms with Crippen molar-refractivity contribution in [1.82, 2.24) is 4.08 Å². The molecule has 0 aromatic heterocycles. The summed E-state index contributed by atoms with van der Waals surface area (Å²) < 4.78 is 12.3. The summed E-state index contributed by atoms with van der Waals surface area (Å²) in [6.45, 7) is 1.81. The summed E-state index contributed by atoms with van der Waals surface area (Å²) in [5.41, 5.74) is 0. The van der Waals surface area contributed by atoms with Gasteiger partial charge in [-0.3, -0.25) is 0 Å². The third kappa shape index (κ3) is 3.25. The lowest BCUT2D eigenvalue weighted by Gasteiger charge is -2.31. The van der Waals surface area contributed by atoms with Gasteiger partial charge >= 0.3 is 0 Å². The average Bonchev–Trinajstić information content (AvgIpc) is 2.04. The first-order valence-corrected chi connectivity index (χ1v) is 8.52. The molecule has 0 N–H and O–H groups in total. The van der Waals surface area contributed by atoms with Crippen molar-refractivity contribution < 1.29 is 9.05 Å². The molecule has 3 nitrogen and oxygen atoms in total. The van der Waals surface area contributed by atoms with E-state index in [9.17, 15) is 0 Å². The molecule has 0 unspecified atom stereocenters. The minimum Gasteiger partial charge on any atom is -0.321 e. The summed E-state index contributed by atoms with van der Waals surface area (Å²) in [6.07, 6.45) is 0. The highest BCUT2D eigenvalue weighted by Gasteiger charge is 2.28. The van der Waals surface area contributed by atoms with E-state index in [1.54, 1.807) is 14.2 Å². The van der Waals surface area contributed by atoms with Crippen LogP contribution in [0.1, 0.15) is 13.8 Å². The molecule has 0 aromatic rings. The molecule has 0 spiro atoms. The maximum atomic E-state index is 5.24. The Hall–Kier alpha value is 1.36. The first-order chi connectivity index (χ1) is 5.51. The van der Waals surface area contributed by atoms with Crippen LogP contribution in [0.4, 0.5) is 0 Å². The lowest BCUT2D eigenvalue weighted by molar-refractivity contribution is 0.296. The fourth-order valence-electron chi connectivity index (χ4n) is 0.636. The van der Waals surface area contributed by atoms with E-state index in [0.29, 0.717) is 0 Å². The number of rotatable bonds is 5. The molecule has 0 aliphatic heterocycles. The minimum atomic E-state index is -2.26. The lowest BCUT2D eigenvalue weighted by atomic mass is 10.4. The number of nitrogens with zero attached hydrogens (tertiary/aromatic N) is 1. The smallest absolute Gasteiger partial charge is 0.274 e. The molecule has 7 heteroatoms. The highest BCUT2D eigenvalue weighted by atomic mass is 79.9. The molecule has 0 amide bonds. The fourth-order valence-corrected chi connectivity index (χ4v) is 6.71. The van der Waals surface area contributed by atoms with E-state index in [1.165, 1.54) is 10.4 Å². The molecule has 0 radical (unpaired) electrons. The predicted molar refractivity (Wildman–Crippen MR) is 61.8 cm³/mol. The summed E-state index contributed by atoms with van der Waals surface area (Å²) in [6, 6.07) is 0.278. The second kappa shape index (κ2) is 5.96. The molecule has 0 aliphatic rings. The van der Waals surface area contributed by atoms with Gasteiger partial charge < -0.3 is 9.05 Å². The molecule has 0 saturated heterocycles. The van der Waals surface area contributed by atoms with Gasteiger partial charge in [-0.05, 0) is 25.7 Å². The highest BCUT2D eigenvalue weighted by Crippen LogP contribution is 2.57. The molecule has 0 rings (SSSR count). The molecule has 0 atom stereocenters. The van der Waals surface area contributed by atoms with Gasteiger partial charge in [-0.1, -0.05) is 0 Å². The molecule has 12 heavy (non-hydrogen) atoms. The van der Waals surface area contributed by atoms with Gasteiger partial charge in [0.25, 0.3) is 6.64 Å². The molecular weight excluding hydrogens is 281 g/mol. The van der Waals surface area contributed by atoms with Crippen molar-refractivity contribution in [2.75, 3.05) is 14.2 Å². The van der Waals surface area contributed by atoms with Crippen LogP contribution in [0, 0.1) is 0 Å². The second-order valence-electron chi connectivity index (χ2n) is 2.30. The molecule has 0 fully saturated rings. The van der Waals surface area contributed by atoms with Crippen molar-refractivity contribution in [3.8, 4) is 0 Å². The molecule has 0 heterocycles. The van der Waals surface area contributed by atoms with Crippen molar-refractivity contribution in [2.45, 2.75) is 19.9 Å². The van der Waals surface area contributed by atoms with Gasteiger partial charge in [0.05, 0.1) is 0 Å². The molecule has 0 aliphatic carbocycles. The average molecular weight is 294 g/mol. The van der Waals surface area contributed by atoms with Gasteiger partial charge in [-0.2, -0.15) is 4.08 Å². The van der Waals surface area contributed by atoms with E-state index < -0.39 is 6.64 Å². The van der Waals surface area contributed by atoms with Crippen LogP contribution in [0.25, 0.3) is 0 Å². The highest BCUT2D eigenvalue weighted by molar-refractivity contribution is 9.50. The minimum absolute atomic E-state index is 0.278. The van der Waals surface area contributed by atoms with Gasteiger partial charge in [0.2, 0.25) is 0 Å². The van der Waals surface area contributed by atoms with E-state index in [-0.39, 0.29) is 6.04 Å². The van der Waals surface area contributed by atoms with Gasteiger partial charge in [0.1, 0.15) is 0 Å². The van der Waals surface area contributed by atoms with Crippen LogP contribution in [0.2, 0.25) is 0 Å². The normalized spacial score (nSPS) is 12.9. The third-order valence-electron chi connectivity index (χ3n) is 1.22. The Labute approximate surface area is 90.7 Å². The first kappa shape index (κ1) is 13.4. The molecule has 0 bridgehead atoms. The molecule has 74 valence electrons. The van der Waals surface area contributed by atoms with E-state index in [1.807, 2.05) is 17.9 Å². The van der Waals surface area contributed by atoms with E-state index in [0.717, 1.165) is 0 Å². The van der Waals surface area contributed by atoms with Gasteiger partial charge in [0.15, 0.2) is 0 Å². The predicted octanol–water partition coefficient (Wildman–Crippen LogP) is 3.17. The topological polar surface area (TPSA) is 21.7 Å². The van der Waals surface area contributed by atoms with Crippen molar-refractivity contribution in [3.63, 3.8) is 0 Å². The summed E-state index contributed by atoms with van der Waals surface area (Å²) in [5.74, 6) is 0. The third-order valence-corrected chi connectivity index (χ3v) is 7.88. The Morgan fingerprint density at radius 3 is 1.92 bits per heavy atom.